The molecule has 0 saturated heterocycles. The van der Waals surface area contributed by atoms with E-state index in [0.717, 1.165) is 0 Å². The van der Waals surface area contributed by atoms with Crippen molar-refractivity contribution in [1.82, 2.24) is 0 Å². The zero-order valence-electron chi connectivity index (χ0n) is 7.36. The molecule has 0 radical (unpaired) electrons. The van der Waals surface area contributed by atoms with Crippen LogP contribution in [-0.2, 0) is 21.2 Å². The molecule has 0 aliphatic heterocycles. The third-order valence-electron chi connectivity index (χ3n) is 1.52. The van der Waals surface area contributed by atoms with Crippen molar-refractivity contribution in [2.45, 2.75) is 6.61 Å². The van der Waals surface area contributed by atoms with Crippen LogP contribution in [0.15, 0.2) is 24.3 Å². The summed E-state index contributed by atoms with van der Waals surface area (Å²) in [6, 6.07) is 5.10. The highest BCUT2D eigenvalue weighted by molar-refractivity contribution is 7.80. The van der Waals surface area contributed by atoms with E-state index < -0.39 is 15.3 Å². The summed E-state index contributed by atoms with van der Waals surface area (Å²) in [5.41, 5.74) is 0.295. The molecule has 0 amide bonds. The van der Waals surface area contributed by atoms with Crippen molar-refractivity contribution in [3.63, 3.8) is 0 Å². The van der Waals surface area contributed by atoms with Crippen LogP contribution >= 0.6 is 0 Å². The van der Waals surface area contributed by atoms with Crippen molar-refractivity contribution >= 4 is 16.1 Å². The minimum absolute atomic E-state index is 0.106. The lowest BCUT2D eigenvalue weighted by atomic mass is 10.2. The van der Waals surface area contributed by atoms with Gasteiger partial charge in [0.25, 0.3) is 5.69 Å². The average molecular weight is 233 g/mol. The van der Waals surface area contributed by atoms with Gasteiger partial charge in [0.1, 0.15) is 0 Å². The van der Waals surface area contributed by atoms with Gasteiger partial charge in [-0.05, 0) is 17.7 Å². The molecule has 0 spiro atoms. The van der Waals surface area contributed by atoms with Crippen molar-refractivity contribution in [3.05, 3.63) is 39.9 Å². The molecule has 7 nitrogen and oxygen atoms in total. The fraction of sp³-hybridized carbons (Fsp3) is 0.143. The first-order valence-corrected chi connectivity index (χ1v) is 5.10. The number of benzene rings is 1. The third-order valence-corrected chi connectivity index (χ3v) is 1.94. The van der Waals surface area contributed by atoms with E-state index >= 15 is 0 Å². The predicted octanol–water partition coefficient (Wildman–Crippen LogP) is 0.914. The van der Waals surface area contributed by atoms with Gasteiger partial charge in [-0.25, -0.2) is 4.18 Å². The Morgan fingerprint density at radius 3 is 2.27 bits per heavy atom. The van der Waals surface area contributed by atoms with E-state index in [2.05, 4.69) is 4.18 Å². The molecule has 1 N–H and O–H groups in total. The van der Waals surface area contributed by atoms with Crippen molar-refractivity contribution in [3.8, 4) is 0 Å². The maximum absolute atomic E-state index is 10.3. The Balaban J connectivity index is 2.69. The second kappa shape index (κ2) is 4.34. The maximum atomic E-state index is 10.3. The second-order valence-electron chi connectivity index (χ2n) is 2.61. The molecule has 0 unspecified atom stereocenters. The Labute approximate surface area is 85.4 Å². The van der Waals surface area contributed by atoms with Crippen LogP contribution in [0, 0.1) is 10.1 Å². The van der Waals surface area contributed by atoms with Gasteiger partial charge in [0.05, 0.1) is 11.5 Å². The monoisotopic (exact) mass is 233 g/mol. The number of hydrogen-bond donors (Lipinski definition) is 1. The van der Waals surface area contributed by atoms with Crippen LogP contribution in [0.1, 0.15) is 5.56 Å². The summed E-state index contributed by atoms with van der Waals surface area (Å²) < 4.78 is 32.7. The Kier molecular flexibility index (Phi) is 3.35. The Hall–Kier alpha value is -1.51. The smallest absolute Gasteiger partial charge is 0.264 e. The highest BCUT2D eigenvalue weighted by Crippen LogP contribution is 2.12. The zero-order chi connectivity index (χ0) is 11.5. The fourth-order valence-corrected chi connectivity index (χ4v) is 1.14. The van der Waals surface area contributed by atoms with Crippen LogP contribution in [0.3, 0.4) is 0 Å². The highest BCUT2D eigenvalue weighted by atomic mass is 32.3. The molecule has 0 heterocycles. The minimum atomic E-state index is -4.48. The van der Waals surface area contributed by atoms with Gasteiger partial charge >= 0.3 is 10.4 Å². The molecule has 0 aliphatic rings. The third kappa shape index (κ3) is 4.02. The average Bonchev–Trinajstić information content (AvgIpc) is 2.14. The lowest BCUT2D eigenvalue weighted by Crippen LogP contribution is -2.03. The quantitative estimate of drug-likeness (QED) is 0.470. The van der Waals surface area contributed by atoms with Gasteiger partial charge < -0.3 is 0 Å². The standard InChI is InChI=1S/C7H7NO6S/c9-8(10)7-3-1-6(2-4-7)5-14-15(11,12)13/h1-4H,5H2,(H,11,12,13). The Morgan fingerprint density at radius 2 is 1.87 bits per heavy atom. The van der Waals surface area contributed by atoms with Gasteiger partial charge in [0, 0.05) is 12.1 Å². The number of nitro groups is 1. The Morgan fingerprint density at radius 1 is 1.33 bits per heavy atom. The van der Waals surface area contributed by atoms with Crippen molar-refractivity contribution in [1.29, 1.82) is 0 Å². The first-order valence-electron chi connectivity index (χ1n) is 3.73. The summed E-state index contributed by atoms with van der Waals surface area (Å²) in [5, 5.41) is 10.3. The largest absolute Gasteiger partial charge is 0.397 e. The lowest BCUT2D eigenvalue weighted by molar-refractivity contribution is -0.384. The molecule has 0 aliphatic carbocycles. The summed E-state index contributed by atoms with van der Waals surface area (Å²) in [5.74, 6) is 0. The van der Waals surface area contributed by atoms with Gasteiger partial charge in [-0.2, -0.15) is 8.42 Å². The van der Waals surface area contributed by atoms with Crippen molar-refractivity contribution in [2.24, 2.45) is 0 Å². The summed E-state index contributed by atoms with van der Waals surface area (Å²) >= 11 is 0. The molecule has 1 aromatic carbocycles. The molecule has 1 aromatic rings. The molecule has 0 saturated carbocycles. The molecule has 8 heteroatoms. The molecule has 0 fully saturated rings. The van der Waals surface area contributed by atoms with Crippen LogP contribution < -0.4 is 0 Å². The normalized spacial score (nSPS) is 11.3. The number of hydrogen-bond acceptors (Lipinski definition) is 5. The van der Waals surface area contributed by atoms with Gasteiger partial charge in [-0.3, -0.25) is 14.7 Å². The lowest BCUT2D eigenvalue weighted by Gasteiger charge is -1.99. The van der Waals surface area contributed by atoms with E-state index in [-0.39, 0.29) is 12.3 Å². The highest BCUT2D eigenvalue weighted by Gasteiger charge is 2.07. The number of non-ortho nitro benzene ring substituents is 1. The molecule has 15 heavy (non-hydrogen) atoms. The van der Waals surface area contributed by atoms with Gasteiger partial charge in [-0.1, -0.05) is 0 Å². The molecule has 82 valence electrons. The molecular formula is C7H7NO6S. The number of nitrogens with zero attached hydrogens (tertiary/aromatic N) is 1. The van der Waals surface area contributed by atoms with Crippen LogP contribution in [0.25, 0.3) is 0 Å². The first kappa shape index (κ1) is 11.6. The summed E-state index contributed by atoms with van der Waals surface area (Å²) in [7, 11) is -4.48. The molecule has 0 bridgehead atoms. The predicted molar refractivity (Wildman–Crippen MR) is 49.4 cm³/mol. The van der Waals surface area contributed by atoms with E-state index in [0.29, 0.717) is 5.56 Å². The zero-order valence-corrected chi connectivity index (χ0v) is 8.18. The van der Waals surface area contributed by atoms with E-state index in [1.807, 2.05) is 0 Å². The van der Waals surface area contributed by atoms with E-state index in [4.69, 9.17) is 4.55 Å². The Bertz CT molecular complexity index is 451. The second-order valence-corrected chi connectivity index (χ2v) is 3.70. The maximum Gasteiger partial charge on any atom is 0.397 e. The minimum Gasteiger partial charge on any atom is -0.264 e. The van der Waals surface area contributed by atoms with E-state index in [1.165, 1.54) is 24.3 Å². The molecule has 0 atom stereocenters. The van der Waals surface area contributed by atoms with Crippen LogP contribution in [-0.4, -0.2) is 17.9 Å². The van der Waals surface area contributed by atoms with Crippen LogP contribution in [0.5, 0.6) is 0 Å². The summed E-state index contributed by atoms with van der Waals surface area (Å²) in [6.07, 6.45) is 0. The van der Waals surface area contributed by atoms with Gasteiger partial charge in [-0.15, -0.1) is 0 Å². The first-order chi connectivity index (χ1) is 6.88. The van der Waals surface area contributed by atoms with Gasteiger partial charge in [0.15, 0.2) is 0 Å². The number of nitro benzene ring substituents is 1. The van der Waals surface area contributed by atoms with Crippen molar-refractivity contribution < 1.29 is 22.1 Å². The van der Waals surface area contributed by atoms with Crippen molar-refractivity contribution in [2.75, 3.05) is 0 Å². The molecule has 1 rings (SSSR count). The molecular weight excluding hydrogens is 226 g/mol. The van der Waals surface area contributed by atoms with Gasteiger partial charge in [0.2, 0.25) is 0 Å². The molecule has 0 aromatic heterocycles. The van der Waals surface area contributed by atoms with E-state index in [1.54, 1.807) is 0 Å². The summed E-state index contributed by atoms with van der Waals surface area (Å²) in [4.78, 5) is 9.69. The topological polar surface area (TPSA) is 107 Å². The van der Waals surface area contributed by atoms with E-state index in [9.17, 15) is 18.5 Å². The summed E-state index contributed by atoms with van der Waals surface area (Å²) in [6.45, 7) is -0.364. The van der Waals surface area contributed by atoms with Crippen LogP contribution in [0.4, 0.5) is 5.69 Å². The number of rotatable bonds is 4. The fourth-order valence-electron chi connectivity index (χ4n) is 0.856. The SMILES string of the molecule is O=[N+]([O-])c1ccc(COS(=O)(=O)O)cc1. The van der Waals surface area contributed by atoms with Crippen LogP contribution in [0.2, 0.25) is 0 Å².